The molecule has 0 aromatic carbocycles. The van der Waals surface area contributed by atoms with Crippen LogP contribution in [0.15, 0.2) is 21.9 Å². The second-order valence-corrected chi connectivity index (χ2v) is 4.84. The van der Waals surface area contributed by atoms with E-state index >= 15 is 0 Å². The maximum atomic E-state index is 11.6. The molecule has 0 aliphatic carbocycles. The van der Waals surface area contributed by atoms with Crippen LogP contribution in [0.1, 0.15) is 27.0 Å². The molecule has 17 heavy (non-hydrogen) atoms. The van der Waals surface area contributed by atoms with Gasteiger partial charge in [0.2, 0.25) is 0 Å². The first-order valence-corrected chi connectivity index (χ1v) is 6.29. The van der Waals surface area contributed by atoms with Crippen molar-refractivity contribution < 1.29 is 9.21 Å². The van der Waals surface area contributed by atoms with E-state index in [1.807, 2.05) is 19.2 Å². The molecule has 90 valence electrons. The van der Waals surface area contributed by atoms with Crippen LogP contribution < -0.4 is 5.32 Å². The predicted octanol–water partition coefficient (Wildman–Crippen LogP) is 2.33. The third kappa shape index (κ3) is 3.17. The number of nitrogens with one attached hydrogen (secondary N) is 1. The highest BCUT2D eigenvalue weighted by Gasteiger charge is 2.09. The molecule has 0 fully saturated rings. The molecule has 5 heteroatoms. The molecule has 0 bridgehead atoms. The minimum absolute atomic E-state index is 0.176. The Bertz CT molecular complexity index is 516. The summed E-state index contributed by atoms with van der Waals surface area (Å²) >= 11 is 1.62. The Balaban J connectivity index is 1.81. The van der Waals surface area contributed by atoms with Gasteiger partial charge in [0.25, 0.3) is 5.91 Å². The topological polar surface area (TPSA) is 55.1 Å². The average Bonchev–Trinajstić information content (AvgIpc) is 2.88. The van der Waals surface area contributed by atoms with Crippen LogP contribution in [0.3, 0.4) is 0 Å². The fourth-order valence-corrected chi connectivity index (χ4v) is 2.12. The standard InChI is InChI=1S/C12H14N2O2S/c1-8-3-4-11(16-8)12(15)13-6-5-10-7-17-9(2)14-10/h3-4,7H,5-6H2,1-2H3,(H,13,15). The van der Waals surface area contributed by atoms with E-state index in [1.54, 1.807) is 23.5 Å². The first kappa shape index (κ1) is 11.9. The number of hydrogen-bond acceptors (Lipinski definition) is 4. The third-order valence-electron chi connectivity index (χ3n) is 2.30. The van der Waals surface area contributed by atoms with Crippen LogP contribution in [-0.2, 0) is 6.42 Å². The van der Waals surface area contributed by atoms with Crippen LogP contribution >= 0.6 is 11.3 Å². The van der Waals surface area contributed by atoms with Crippen LogP contribution in [0.5, 0.6) is 0 Å². The van der Waals surface area contributed by atoms with Crippen molar-refractivity contribution in [2.45, 2.75) is 20.3 Å². The second kappa shape index (κ2) is 5.14. The molecule has 0 aliphatic heterocycles. The zero-order valence-electron chi connectivity index (χ0n) is 9.82. The lowest BCUT2D eigenvalue weighted by atomic mass is 10.3. The summed E-state index contributed by atoms with van der Waals surface area (Å²) in [7, 11) is 0. The van der Waals surface area contributed by atoms with Gasteiger partial charge in [-0.05, 0) is 26.0 Å². The van der Waals surface area contributed by atoms with Crippen molar-refractivity contribution in [3.63, 3.8) is 0 Å². The molecule has 2 aromatic rings. The number of aryl methyl sites for hydroxylation is 2. The molecule has 0 saturated carbocycles. The molecule has 4 nitrogen and oxygen atoms in total. The molecule has 0 radical (unpaired) electrons. The van der Waals surface area contributed by atoms with Gasteiger partial charge in [0, 0.05) is 18.3 Å². The maximum absolute atomic E-state index is 11.6. The lowest BCUT2D eigenvalue weighted by molar-refractivity contribution is 0.0925. The Hall–Kier alpha value is -1.62. The van der Waals surface area contributed by atoms with Crippen molar-refractivity contribution in [1.82, 2.24) is 10.3 Å². The van der Waals surface area contributed by atoms with E-state index in [4.69, 9.17) is 4.42 Å². The van der Waals surface area contributed by atoms with E-state index in [-0.39, 0.29) is 5.91 Å². The van der Waals surface area contributed by atoms with Gasteiger partial charge in [-0.25, -0.2) is 4.98 Å². The maximum Gasteiger partial charge on any atom is 0.287 e. The van der Waals surface area contributed by atoms with Crippen molar-refractivity contribution in [2.24, 2.45) is 0 Å². The molecule has 0 unspecified atom stereocenters. The van der Waals surface area contributed by atoms with Crippen molar-refractivity contribution in [2.75, 3.05) is 6.54 Å². The molecular formula is C12H14N2O2S. The lowest BCUT2D eigenvalue weighted by Crippen LogP contribution is -2.25. The van der Waals surface area contributed by atoms with E-state index < -0.39 is 0 Å². The van der Waals surface area contributed by atoms with Gasteiger partial charge in [0.15, 0.2) is 5.76 Å². The minimum Gasteiger partial charge on any atom is -0.456 e. The average molecular weight is 250 g/mol. The summed E-state index contributed by atoms with van der Waals surface area (Å²) in [6.45, 7) is 4.36. The van der Waals surface area contributed by atoms with Crippen LogP contribution in [-0.4, -0.2) is 17.4 Å². The van der Waals surface area contributed by atoms with Crippen molar-refractivity contribution >= 4 is 17.2 Å². The molecule has 2 aromatic heterocycles. The molecule has 0 atom stereocenters. The van der Waals surface area contributed by atoms with Gasteiger partial charge in [0.1, 0.15) is 5.76 Å². The molecule has 0 aliphatic rings. The van der Waals surface area contributed by atoms with E-state index in [2.05, 4.69) is 10.3 Å². The van der Waals surface area contributed by atoms with Gasteiger partial charge in [-0.1, -0.05) is 0 Å². The fourth-order valence-electron chi connectivity index (χ4n) is 1.47. The number of hydrogen-bond donors (Lipinski definition) is 1. The van der Waals surface area contributed by atoms with Crippen molar-refractivity contribution in [3.05, 3.63) is 39.7 Å². The number of amides is 1. The minimum atomic E-state index is -0.176. The van der Waals surface area contributed by atoms with Crippen molar-refractivity contribution in [3.8, 4) is 0 Å². The Morgan fingerprint density at radius 1 is 1.47 bits per heavy atom. The number of nitrogens with zero attached hydrogens (tertiary/aromatic N) is 1. The SMILES string of the molecule is Cc1ccc(C(=O)NCCc2csc(C)n2)o1. The third-order valence-corrected chi connectivity index (χ3v) is 3.12. The monoisotopic (exact) mass is 250 g/mol. The zero-order valence-corrected chi connectivity index (χ0v) is 10.6. The van der Waals surface area contributed by atoms with Gasteiger partial charge in [-0.15, -0.1) is 11.3 Å². The van der Waals surface area contributed by atoms with Gasteiger partial charge in [-0.2, -0.15) is 0 Å². The molecule has 2 rings (SSSR count). The van der Waals surface area contributed by atoms with Crippen LogP contribution in [0.25, 0.3) is 0 Å². The Labute approximate surface area is 104 Å². The van der Waals surface area contributed by atoms with Crippen LogP contribution in [0.4, 0.5) is 0 Å². The number of aromatic nitrogens is 1. The number of carbonyl (C=O) groups excluding carboxylic acids is 1. The number of carbonyl (C=O) groups is 1. The number of rotatable bonds is 4. The Morgan fingerprint density at radius 3 is 2.88 bits per heavy atom. The van der Waals surface area contributed by atoms with Gasteiger partial charge >= 0.3 is 0 Å². The highest BCUT2D eigenvalue weighted by atomic mass is 32.1. The molecule has 1 amide bonds. The summed E-state index contributed by atoms with van der Waals surface area (Å²) in [5, 5.41) is 5.86. The van der Waals surface area contributed by atoms with Gasteiger partial charge < -0.3 is 9.73 Å². The summed E-state index contributed by atoms with van der Waals surface area (Å²) in [4.78, 5) is 16.0. The predicted molar refractivity (Wildman–Crippen MR) is 66.3 cm³/mol. The van der Waals surface area contributed by atoms with Gasteiger partial charge in [0.05, 0.1) is 10.7 Å². The summed E-state index contributed by atoms with van der Waals surface area (Å²) in [6.07, 6.45) is 0.746. The van der Waals surface area contributed by atoms with E-state index in [0.717, 1.165) is 22.9 Å². The number of furan rings is 1. The molecule has 0 saturated heterocycles. The van der Waals surface area contributed by atoms with Crippen molar-refractivity contribution in [1.29, 1.82) is 0 Å². The fraction of sp³-hybridized carbons (Fsp3) is 0.333. The quantitative estimate of drug-likeness (QED) is 0.906. The molecule has 1 N–H and O–H groups in total. The summed E-state index contributed by atoms with van der Waals surface area (Å²) in [5.74, 6) is 0.923. The Kier molecular flexibility index (Phi) is 3.58. The highest BCUT2D eigenvalue weighted by molar-refractivity contribution is 7.09. The highest BCUT2D eigenvalue weighted by Crippen LogP contribution is 2.08. The molecular weight excluding hydrogens is 236 g/mol. The summed E-state index contributed by atoms with van der Waals surface area (Å²) in [5.41, 5.74) is 1.02. The first-order chi connectivity index (χ1) is 8.15. The van der Waals surface area contributed by atoms with Gasteiger partial charge in [-0.3, -0.25) is 4.79 Å². The van der Waals surface area contributed by atoms with Crippen LogP contribution in [0, 0.1) is 13.8 Å². The molecule has 0 spiro atoms. The van der Waals surface area contributed by atoms with E-state index in [9.17, 15) is 4.79 Å². The Morgan fingerprint density at radius 2 is 2.29 bits per heavy atom. The zero-order chi connectivity index (χ0) is 12.3. The van der Waals surface area contributed by atoms with E-state index in [1.165, 1.54) is 0 Å². The first-order valence-electron chi connectivity index (χ1n) is 5.41. The smallest absolute Gasteiger partial charge is 0.287 e. The second-order valence-electron chi connectivity index (χ2n) is 3.77. The largest absolute Gasteiger partial charge is 0.456 e. The summed E-state index contributed by atoms with van der Waals surface area (Å²) in [6, 6.07) is 3.45. The summed E-state index contributed by atoms with van der Waals surface area (Å²) < 4.78 is 5.23. The number of thiazole rings is 1. The van der Waals surface area contributed by atoms with E-state index in [0.29, 0.717) is 12.3 Å². The lowest BCUT2D eigenvalue weighted by Gasteiger charge is -2.00. The molecule has 2 heterocycles. The normalized spacial score (nSPS) is 10.5. The van der Waals surface area contributed by atoms with Crippen LogP contribution in [0.2, 0.25) is 0 Å².